The standard InChI is InChI=1S/C17H15N3O2/c1-12(21)17(22)19-15-9-18-20(11-15)10-14-7-4-6-13-5-2-3-8-16(13)14/h2-9,11H,10H2,1H3,(H,19,22). The van der Waals surface area contributed by atoms with Crippen molar-refractivity contribution in [1.82, 2.24) is 9.78 Å². The molecular formula is C17H15N3O2. The number of hydrogen-bond donors (Lipinski definition) is 1. The number of anilines is 1. The van der Waals surface area contributed by atoms with Crippen LogP contribution < -0.4 is 5.32 Å². The molecule has 0 radical (unpaired) electrons. The second-order valence-electron chi connectivity index (χ2n) is 5.08. The lowest BCUT2D eigenvalue weighted by Crippen LogP contribution is -2.19. The molecule has 0 bridgehead atoms. The number of nitrogens with zero attached hydrogens (tertiary/aromatic N) is 2. The Kier molecular flexibility index (Phi) is 3.70. The number of benzene rings is 2. The van der Waals surface area contributed by atoms with Crippen LogP contribution in [0.1, 0.15) is 12.5 Å². The van der Waals surface area contributed by atoms with Crippen LogP contribution in [0, 0.1) is 0 Å². The van der Waals surface area contributed by atoms with Gasteiger partial charge in [-0.05, 0) is 16.3 Å². The van der Waals surface area contributed by atoms with Gasteiger partial charge in [0.05, 0.1) is 18.4 Å². The Bertz CT molecular complexity index is 846. The van der Waals surface area contributed by atoms with Crippen molar-refractivity contribution >= 4 is 28.2 Å². The van der Waals surface area contributed by atoms with Gasteiger partial charge < -0.3 is 5.32 Å². The number of fused-ring (bicyclic) bond motifs is 1. The van der Waals surface area contributed by atoms with Gasteiger partial charge >= 0.3 is 0 Å². The highest BCUT2D eigenvalue weighted by atomic mass is 16.2. The second kappa shape index (κ2) is 5.81. The maximum atomic E-state index is 11.4. The first-order chi connectivity index (χ1) is 10.6. The highest BCUT2D eigenvalue weighted by molar-refractivity contribution is 6.39. The van der Waals surface area contributed by atoms with Gasteiger partial charge in [-0.3, -0.25) is 14.3 Å². The summed E-state index contributed by atoms with van der Waals surface area (Å²) in [7, 11) is 0. The van der Waals surface area contributed by atoms with Gasteiger partial charge in [0.1, 0.15) is 0 Å². The predicted molar refractivity (Wildman–Crippen MR) is 84.6 cm³/mol. The number of aromatic nitrogens is 2. The summed E-state index contributed by atoms with van der Waals surface area (Å²) in [5.74, 6) is -1.16. The molecule has 2 aromatic carbocycles. The van der Waals surface area contributed by atoms with Gasteiger partial charge in [0, 0.05) is 13.1 Å². The molecule has 3 aromatic rings. The molecule has 0 aliphatic carbocycles. The van der Waals surface area contributed by atoms with Crippen molar-refractivity contribution < 1.29 is 9.59 Å². The van der Waals surface area contributed by atoms with Crippen LogP contribution in [0.3, 0.4) is 0 Å². The average Bonchev–Trinajstić information content (AvgIpc) is 2.94. The van der Waals surface area contributed by atoms with Crippen molar-refractivity contribution in [2.75, 3.05) is 5.32 Å². The fourth-order valence-corrected chi connectivity index (χ4v) is 2.34. The van der Waals surface area contributed by atoms with Crippen LogP contribution in [0.15, 0.2) is 54.9 Å². The van der Waals surface area contributed by atoms with Gasteiger partial charge in [0.15, 0.2) is 0 Å². The molecule has 0 saturated carbocycles. The molecule has 0 unspecified atom stereocenters. The van der Waals surface area contributed by atoms with Gasteiger partial charge in [0.2, 0.25) is 5.78 Å². The Morgan fingerprint density at radius 1 is 1.14 bits per heavy atom. The van der Waals surface area contributed by atoms with E-state index in [1.807, 2.05) is 18.2 Å². The molecule has 1 amide bonds. The number of carbonyl (C=O) groups excluding carboxylic acids is 2. The van der Waals surface area contributed by atoms with E-state index in [-0.39, 0.29) is 0 Å². The molecule has 110 valence electrons. The molecule has 0 fully saturated rings. The predicted octanol–water partition coefficient (Wildman–Crippen LogP) is 2.61. The van der Waals surface area contributed by atoms with Crippen molar-refractivity contribution in [3.8, 4) is 0 Å². The van der Waals surface area contributed by atoms with Crippen LogP contribution in [-0.2, 0) is 16.1 Å². The summed E-state index contributed by atoms with van der Waals surface area (Å²) < 4.78 is 1.73. The number of Topliss-reactive ketones (excluding diaryl/α,β-unsaturated/α-hetero) is 1. The zero-order valence-corrected chi connectivity index (χ0v) is 12.1. The molecule has 0 spiro atoms. The van der Waals surface area contributed by atoms with Gasteiger partial charge in [-0.2, -0.15) is 5.10 Å². The minimum absolute atomic E-state index is 0.514. The monoisotopic (exact) mass is 293 g/mol. The van der Waals surface area contributed by atoms with E-state index in [2.05, 4.69) is 34.7 Å². The van der Waals surface area contributed by atoms with E-state index in [0.29, 0.717) is 12.2 Å². The third-order valence-electron chi connectivity index (χ3n) is 3.42. The Labute approximate surface area is 127 Å². The summed E-state index contributed by atoms with van der Waals surface area (Å²) >= 11 is 0. The summed E-state index contributed by atoms with van der Waals surface area (Å²) in [6.07, 6.45) is 3.24. The Morgan fingerprint density at radius 2 is 1.91 bits per heavy atom. The van der Waals surface area contributed by atoms with Crippen molar-refractivity contribution in [1.29, 1.82) is 0 Å². The SMILES string of the molecule is CC(=O)C(=O)Nc1cnn(Cc2cccc3ccccc23)c1. The van der Waals surface area contributed by atoms with E-state index in [4.69, 9.17) is 0 Å². The number of carbonyl (C=O) groups is 2. The largest absolute Gasteiger partial charge is 0.317 e. The van der Waals surface area contributed by atoms with Crippen LogP contribution in [0.25, 0.3) is 10.8 Å². The smallest absolute Gasteiger partial charge is 0.291 e. The lowest BCUT2D eigenvalue weighted by atomic mass is 10.0. The molecule has 3 rings (SSSR count). The van der Waals surface area contributed by atoms with Gasteiger partial charge in [-0.1, -0.05) is 42.5 Å². The molecule has 0 atom stereocenters. The lowest BCUT2D eigenvalue weighted by Gasteiger charge is -2.06. The minimum atomic E-state index is -0.635. The quantitative estimate of drug-likeness (QED) is 0.752. The van der Waals surface area contributed by atoms with Gasteiger partial charge in [-0.25, -0.2) is 0 Å². The van der Waals surface area contributed by atoms with Crippen molar-refractivity contribution in [2.45, 2.75) is 13.5 Å². The van der Waals surface area contributed by atoms with Gasteiger partial charge in [0.25, 0.3) is 5.91 Å². The summed E-state index contributed by atoms with van der Waals surface area (Å²) in [5.41, 5.74) is 1.66. The van der Waals surface area contributed by atoms with Crippen molar-refractivity contribution in [3.05, 3.63) is 60.4 Å². The van der Waals surface area contributed by atoms with Crippen molar-refractivity contribution in [2.24, 2.45) is 0 Å². The average molecular weight is 293 g/mol. The fraction of sp³-hybridized carbons (Fsp3) is 0.118. The van der Waals surface area contributed by atoms with Crippen LogP contribution in [0.5, 0.6) is 0 Å². The summed E-state index contributed by atoms with van der Waals surface area (Å²) in [5, 5.41) is 9.09. The first-order valence-corrected chi connectivity index (χ1v) is 6.94. The molecule has 5 nitrogen and oxygen atoms in total. The van der Waals surface area contributed by atoms with Crippen LogP contribution in [-0.4, -0.2) is 21.5 Å². The zero-order chi connectivity index (χ0) is 15.5. The lowest BCUT2D eigenvalue weighted by molar-refractivity contribution is -0.133. The maximum Gasteiger partial charge on any atom is 0.291 e. The molecule has 1 N–H and O–H groups in total. The number of rotatable bonds is 4. The van der Waals surface area contributed by atoms with E-state index < -0.39 is 11.7 Å². The molecular weight excluding hydrogens is 278 g/mol. The van der Waals surface area contributed by atoms with Crippen LogP contribution >= 0.6 is 0 Å². The topological polar surface area (TPSA) is 64.0 Å². The molecule has 0 saturated heterocycles. The summed E-state index contributed by atoms with van der Waals surface area (Å²) in [4.78, 5) is 22.3. The molecule has 1 heterocycles. The molecule has 5 heteroatoms. The first kappa shape index (κ1) is 14.0. The third-order valence-corrected chi connectivity index (χ3v) is 3.42. The first-order valence-electron chi connectivity index (χ1n) is 6.94. The summed E-state index contributed by atoms with van der Waals surface area (Å²) in [6, 6.07) is 14.3. The Balaban J connectivity index is 1.82. The summed E-state index contributed by atoms with van der Waals surface area (Å²) in [6.45, 7) is 1.83. The minimum Gasteiger partial charge on any atom is -0.317 e. The number of nitrogens with one attached hydrogen (secondary N) is 1. The molecule has 0 aliphatic rings. The third kappa shape index (κ3) is 2.88. The fourth-order valence-electron chi connectivity index (χ4n) is 2.34. The Morgan fingerprint density at radius 3 is 2.73 bits per heavy atom. The molecule has 1 aromatic heterocycles. The van der Waals surface area contributed by atoms with E-state index in [1.165, 1.54) is 23.9 Å². The number of amides is 1. The number of ketones is 1. The van der Waals surface area contributed by atoms with E-state index >= 15 is 0 Å². The number of hydrogen-bond acceptors (Lipinski definition) is 3. The highest BCUT2D eigenvalue weighted by Gasteiger charge is 2.09. The molecule has 0 aliphatic heterocycles. The van der Waals surface area contributed by atoms with Crippen LogP contribution in [0.2, 0.25) is 0 Å². The Hall–Kier alpha value is -2.95. The normalized spacial score (nSPS) is 10.6. The van der Waals surface area contributed by atoms with Crippen molar-refractivity contribution in [3.63, 3.8) is 0 Å². The highest BCUT2D eigenvalue weighted by Crippen LogP contribution is 2.19. The molecule has 22 heavy (non-hydrogen) atoms. The second-order valence-corrected chi connectivity index (χ2v) is 5.08. The zero-order valence-electron chi connectivity index (χ0n) is 12.1. The van der Waals surface area contributed by atoms with E-state index in [0.717, 1.165) is 5.56 Å². The van der Waals surface area contributed by atoms with Crippen LogP contribution in [0.4, 0.5) is 5.69 Å². The van der Waals surface area contributed by atoms with E-state index in [9.17, 15) is 9.59 Å². The van der Waals surface area contributed by atoms with Gasteiger partial charge in [-0.15, -0.1) is 0 Å². The maximum absolute atomic E-state index is 11.4. The van der Waals surface area contributed by atoms with E-state index in [1.54, 1.807) is 10.9 Å².